The van der Waals surface area contributed by atoms with Crippen LogP contribution in [0.15, 0.2) is 0 Å². The quantitative estimate of drug-likeness (QED) is 0.557. The monoisotopic (exact) mass is 250 g/mol. The number of hydrogen-bond donors (Lipinski definition) is 0. The van der Waals surface area contributed by atoms with E-state index < -0.39 is 0 Å². The fourth-order valence-corrected chi connectivity index (χ4v) is 4.75. The van der Waals surface area contributed by atoms with Gasteiger partial charge in [-0.3, -0.25) is 0 Å². The molecule has 0 saturated heterocycles. The summed E-state index contributed by atoms with van der Waals surface area (Å²) in [6.45, 7) is 7.66. The van der Waals surface area contributed by atoms with Crippen molar-refractivity contribution in [1.82, 2.24) is 0 Å². The topological polar surface area (TPSA) is 0 Å². The molecule has 0 aromatic carbocycles. The molecular weight excluding hydrogens is 216 g/mol. The Morgan fingerprint density at radius 3 is 1.89 bits per heavy atom. The van der Waals surface area contributed by atoms with Gasteiger partial charge in [-0.15, -0.1) is 0 Å². The molecule has 0 radical (unpaired) electrons. The van der Waals surface area contributed by atoms with Gasteiger partial charge in [-0.05, 0) is 42.4 Å². The first kappa shape index (κ1) is 14.4. The minimum absolute atomic E-state index is 0.595. The fraction of sp³-hybridized carbons (Fsp3) is 1.00. The zero-order valence-electron chi connectivity index (χ0n) is 13.0. The zero-order chi connectivity index (χ0) is 13.0. The van der Waals surface area contributed by atoms with Gasteiger partial charge in [0.2, 0.25) is 0 Å². The molecule has 0 heterocycles. The summed E-state index contributed by atoms with van der Waals surface area (Å²) in [7, 11) is 0. The van der Waals surface area contributed by atoms with Crippen molar-refractivity contribution in [3.8, 4) is 0 Å². The van der Waals surface area contributed by atoms with Crippen molar-refractivity contribution in [2.45, 2.75) is 91.4 Å². The third-order valence-electron chi connectivity index (χ3n) is 6.01. The van der Waals surface area contributed by atoms with Crippen molar-refractivity contribution in [1.29, 1.82) is 0 Å². The summed E-state index contributed by atoms with van der Waals surface area (Å²) in [5.74, 6) is 3.01. The maximum absolute atomic E-state index is 2.56. The van der Waals surface area contributed by atoms with E-state index in [0.29, 0.717) is 5.41 Å². The predicted octanol–water partition coefficient (Wildman–Crippen LogP) is 6.20. The van der Waals surface area contributed by atoms with Gasteiger partial charge in [0.1, 0.15) is 0 Å². The standard InChI is InChI=1S/C18H34/c1-15(16-10-6-4-7-11-16)14-18(2,3)17-12-8-5-9-13-17/h15-17H,4-14H2,1-3H3. The first-order chi connectivity index (χ1) is 8.59. The molecule has 1 atom stereocenters. The van der Waals surface area contributed by atoms with E-state index in [4.69, 9.17) is 0 Å². The summed E-state index contributed by atoms with van der Waals surface area (Å²) in [6, 6.07) is 0. The van der Waals surface area contributed by atoms with Crippen LogP contribution in [0.5, 0.6) is 0 Å². The lowest BCUT2D eigenvalue weighted by molar-refractivity contribution is 0.0996. The normalized spacial score (nSPS) is 26.2. The Morgan fingerprint density at radius 1 is 0.833 bits per heavy atom. The van der Waals surface area contributed by atoms with Crippen molar-refractivity contribution in [2.75, 3.05) is 0 Å². The van der Waals surface area contributed by atoms with E-state index in [9.17, 15) is 0 Å². The van der Waals surface area contributed by atoms with Gasteiger partial charge < -0.3 is 0 Å². The van der Waals surface area contributed by atoms with E-state index in [0.717, 1.165) is 17.8 Å². The largest absolute Gasteiger partial charge is 0.0622 e. The summed E-state index contributed by atoms with van der Waals surface area (Å²) >= 11 is 0. The molecule has 106 valence electrons. The van der Waals surface area contributed by atoms with Crippen LogP contribution in [0.2, 0.25) is 0 Å². The Labute approximate surface area is 115 Å². The highest BCUT2D eigenvalue weighted by Gasteiger charge is 2.33. The lowest BCUT2D eigenvalue weighted by Crippen LogP contribution is -2.30. The van der Waals surface area contributed by atoms with Crippen LogP contribution in [0.25, 0.3) is 0 Å². The van der Waals surface area contributed by atoms with Gasteiger partial charge in [-0.1, -0.05) is 72.1 Å². The summed E-state index contributed by atoms with van der Waals surface area (Å²) in [5.41, 5.74) is 0.595. The Balaban J connectivity index is 1.85. The summed E-state index contributed by atoms with van der Waals surface area (Å²) in [5, 5.41) is 0. The second-order valence-electron chi connectivity index (χ2n) is 7.90. The Kier molecular flexibility index (Phi) is 5.15. The van der Waals surface area contributed by atoms with Gasteiger partial charge in [-0.25, -0.2) is 0 Å². The zero-order valence-corrected chi connectivity index (χ0v) is 13.0. The van der Waals surface area contributed by atoms with E-state index in [1.165, 1.54) is 70.6 Å². The van der Waals surface area contributed by atoms with Gasteiger partial charge in [0.15, 0.2) is 0 Å². The Morgan fingerprint density at radius 2 is 1.33 bits per heavy atom. The molecule has 1 unspecified atom stereocenters. The van der Waals surface area contributed by atoms with Crippen LogP contribution in [-0.4, -0.2) is 0 Å². The molecule has 0 aromatic heterocycles. The van der Waals surface area contributed by atoms with Crippen molar-refractivity contribution < 1.29 is 0 Å². The molecule has 2 aliphatic carbocycles. The smallest absolute Gasteiger partial charge is 0.0323 e. The van der Waals surface area contributed by atoms with Gasteiger partial charge in [0.05, 0.1) is 0 Å². The van der Waals surface area contributed by atoms with Crippen LogP contribution in [-0.2, 0) is 0 Å². The highest BCUT2D eigenvalue weighted by Crippen LogP contribution is 2.45. The maximum atomic E-state index is 2.56. The molecule has 2 rings (SSSR count). The molecule has 2 saturated carbocycles. The molecule has 2 aliphatic rings. The molecular formula is C18H34. The summed E-state index contributed by atoms with van der Waals surface area (Å²) < 4.78 is 0. The van der Waals surface area contributed by atoms with E-state index >= 15 is 0 Å². The molecule has 2 fully saturated rings. The molecule has 0 aromatic rings. The SMILES string of the molecule is CC(CC(C)(C)C1CCCCC1)C1CCCCC1. The van der Waals surface area contributed by atoms with Crippen LogP contribution in [0.4, 0.5) is 0 Å². The first-order valence-electron chi connectivity index (χ1n) is 8.59. The lowest BCUT2D eigenvalue weighted by Gasteiger charge is -2.41. The van der Waals surface area contributed by atoms with E-state index in [-0.39, 0.29) is 0 Å². The van der Waals surface area contributed by atoms with Gasteiger partial charge in [0, 0.05) is 0 Å². The summed E-state index contributed by atoms with van der Waals surface area (Å²) in [4.78, 5) is 0. The van der Waals surface area contributed by atoms with Crippen LogP contribution in [0.1, 0.15) is 91.4 Å². The molecule has 0 heteroatoms. The van der Waals surface area contributed by atoms with E-state index in [1.54, 1.807) is 0 Å². The van der Waals surface area contributed by atoms with Crippen LogP contribution >= 0.6 is 0 Å². The molecule has 0 nitrogen and oxygen atoms in total. The number of hydrogen-bond acceptors (Lipinski definition) is 0. The van der Waals surface area contributed by atoms with Gasteiger partial charge in [0.25, 0.3) is 0 Å². The third kappa shape index (κ3) is 3.75. The fourth-order valence-electron chi connectivity index (χ4n) is 4.75. The van der Waals surface area contributed by atoms with E-state index in [2.05, 4.69) is 20.8 Å². The van der Waals surface area contributed by atoms with Crippen LogP contribution < -0.4 is 0 Å². The second kappa shape index (κ2) is 6.44. The van der Waals surface area contributed by atoms with Crippen molar-refractivity contribution in [2.24, 2.45) is 23.2 Å². The van der Waals surface area contributed by atoms with Gasteiger partial charge >= 0.3 is 0 Å². The number of rotatable bonds is 4. The Hall–Kier alpha value is 0. The minimum atomic E-state index is 0.595. The predicted molar refractivity (Wildman–Crippen MR) is 80.7 cm³/mol. The van der Waals surface area contributed by atoms with Gasteiger partial charge in [-0.2, -0.15) is 0 Å². The molecule has 0 aliphatic heterocycles. The molecule has 0 N–H and O–H groups in total. The second-order valence-corrected chi connectivity index (χ2v) is 7.90. The van der Waals surface area contributed by atoms with Crippen molar-refractivity contribution >= 4 is 0 Å². The van der Waals surface area contributed by atoms with Crippen LogP contribution in [0, 0.1) is 23.2 Å². The highest BCUT2D eigenvalue weighted by molar-refractivity contribution is 4.84. The first-order valence-corrected chi connectivity index (χ1v) is 8.59. The summed E-state index contributed by atoms with van der Waals surface area (Å²) in [6.07, 6.45) is 16.5. The molecule has 0 amide bonds. The maximum Gasteiger partial charge on any atom is -0.0323 e. The van der Waals surface area contributed by atoms with E-state index in [1.807, 2.05) is 0 Å². The Bertz CT molecular complexity index is 228. The van der Waals surface area contributed by atoms with Crippen LogP contribution in [0.3, 0.4) is 0 Å². The van der Waals surface area contributed by atoms with Crippen molar-refractivity contribution in [3.63, 3.8) is 0 Å². The highest BCUT2D eigenvalue weighted by atomic mass is 14.4. The minimum Gasteiger partial charge on any atom is -0.0622 e. The average molecular weight is 250 g/mol. The van der Waals surface area contributed by atoms with Crippen molar-refractivity contribution in [3.05, 3.63) is 0 Å². The third-order valence-corrected chi connectivity index (χ3v) is 6.01. The molecule has 0 bridgehead atoms. The molecule has 0 spiro atoms. The average Bonchev–Trinajstić information content (AvgIpc) is 2.40. The molecule has 18 heavy (non-hydrogen) atoms. The lowest BCUT2D eigenvalue weighted by atomic mass is 9.65.